The van der Waals surface area contributed by atoms with Crippen LogP contribution >= 0.6 is 0 Å². The van der Waals surface area contributed by atoms with Crippen LogP contribution in [0.15, 0.2) is 0 Å². The summed E-state index contributed by atoms with van der Waals surface area (Å²) in [6.07, 6.45) is 3.87. The molecule has 1 saturated carbocycles. The molecule has 2 bridgehead atoms. The van der Waals surface area contributed by atoms with Crippen LogP contribution in [0, 0.1) is 17.8 Å². The maximum Gasteiger partial charge on any atom is 0.0652 e. The van der Waals surface area contributed by atoms with Gasteiger partial charge in [0.2, 0.25) is 0 Å². The third kappa shape index (κ3) is 0.487. The minimum Gasteiger partial charge on any atom is -0.374 e. The van der Waals surface area contributed by atoms with Crippen molar-refractivity contribution in [2.24, 2.45) is 23.5 Å². The maximum absolute atomic E-state index is 5.76. The predicted molar refractivity (Wildman–Crippen MR) is 37.4 cm³/mol. The Bertz CT molecular complexity index is 171. The molecule has 2 aliphatic heterocycles. The van der Waals surface area contributed by atoms with Crippen LogP contribution in [0.25, 0.3) is 0 Å². The summed E-state index contributed by atoms with van der Waals surface area (Å²) in [6.45, 7) is 0.838. The molecule has 1 aliphatic carbocycles. The molecule has 0 aromatic rings. The molecular formula is C8H13NO. The van der Waals surface area contributed by atoms with Gasteiger partial charge in [-0.25, -0.2) is 0 Å². The van der Waals surface area contributed by atoms with E-state index in [-0.39, 0.29) is 0 Å². The quantitative estimate of drug-likeness (QED) is 0.569. The van der Waals surface area contributed by atoms with Gasteiger partial charge in [-0.3, -0.25) is 0 Å². The van der Waals surface area contributed by atoms with Crippen molar-refractivity contribution in [3.63, 3.8) is 0 Å². The second kappa shape index (κ2) is 1.56. The highest BCUT2D eigenvalue weighted by Gasteiger charge is 2.62. The molecule has 0 spiro atoms. The molecule has 0 amide bonds. The van der Waals surface area contributed by atoms with Crippen molar-refractivity contribution in [3.05, 3.63) is 0 Å². The van der Waals surface area contributed by atoms with Crippen molar-refractivity contribution < 1.29 is 4.74 Å². The van der Waals surface area contributed by atoms with E-state index >= 15 is 0 Å². The molecule has 0 aromatic heterocycles. The van der Waals surface area contributed by atoms with E-state index in [1.807, 2.05) is 0 Å². The highest BCUT2D eigenvalue weighted by molar-refractivity contribution is 5.10. The Hall–Kier alpha value is -0.0800. The van der Waals surface area contributed by atoms with Crippen LogP contribution in [-0.2, 0) is 4.74 Å². The van der Waals surface area contributed by atoms with E-state index in [1.54, 1.807) is 0 Å². The van der Waals surface area contributed by atoms with Crippen molar-refractivity contribution in [3.8, 4) is 0 Å². The maximum atomic E-state index is 5.76. The Morgan fingerprint density at radius 1 is 1.30 bits per heavy atom. The fourth-order valence-electron chi connectivity index (χ4n) is 2.80. The van der Waals surface area contributed by atoms with Gasteiger partial charge in [0.15, 0.2) is 0 Å². The summed E-state index contributed by atoms with van der Waals surface area (Å²) < 4.78 is 5.76. The number of hydrogen-bond acceptors (Lipinski definition) is 2. The Balaban J connectivity index is 1.85. The molecule has 2 nitrogen and oxygen atoms in total. The van der Waals surface area contributed by atoms with E-state index in [9.17, 15) is 0 Å². The van der Waals surface area contributed by atoms with Gasteiger partial charge in [-0.05, 0) is 31.2 Å². The lowest BCUT2D eigenvalue weighted by molar-refractivity contribution is 0.0621. The van der Waals surface area contributed by atoms with Crippen LogP contribution in [-0.4, -0.2) is 18.8 Å². The predicted octanol–water partition coefficient (Wildman–Crippen LogP) is 0.368. The summed E-state index contributed by atoms with van der Waals surface area (Å²) in [5.41, 5.74) is 5.62. The smallest absolute Gasteiger partial charge is 0.0652 e. The molecule has 5 atom stereocenters. The van der Waals surface area contributed by atoms with Crippen LogP contribution in [0.5, 0.6) is 0 Å². The van der Waals surface area contributed by atoms with Crippen molar-refractivity contribution in [2.45, 2.75) is 25.0 Å². The summed E-state index contributed by atoms with van der Waals surface area (Å²) in [4.78, 5) is 0. The van der Waals surface area contributed by atoms with Gasteiger partial charge in [-0.1, -0.05) is 0 Å². The first-order valence-electron chi connectivity index (χ1n) is 4.25. The highest BCUT2D eigenvalue weighted by Crippen LogP contribution is 2.60. The summed E-state index contributed by atoms with van der Waals surface area (Å²) in [6, 6.07) is 0. The molecule has 3 rings (SSSR count). The lowest BCUT2D eigenvalue weighted by Gasteiger charge is -2.15. The van der Waals surface area contributed by atoms with Crippen LogP contribution in [0.3, 0.4) is 0 Å². The molecule has 0 aromatic carbocycles. The molecule has 3 fully saturated rings. The van der Waals surface area contributed by atoms with Gasteiger partial charge in [0.05, 0.1) is 12.2 Å². The first kappa shape index (κ1) is 5.56. The average molecular weight is 139 g/mol. The third-order valence-corrected chi connectivity index (χ3v) is 3.43. The van der Waals surface area contributed by atoms with E-state index < -0.39 is 0 Å². The number of fused-ring (bicyclic) bond motifs is 5. The van der Waals surface area contributed by atoms with Crippen molar-refractivity contribution in [2.75, 3.05) is 6.54 Å². The molecule has 2 saturated heterocycles. The molecule has 2 N–H and O–H groups in total. The minimum atomic E-state index is 0.569. The van der Waals surface area contributed by atoms with Crippen LogP contribution in [0.4, 0.5) is 0 Å². The highest BCUT2D eigenvalue weighted by atomic mass is 16.5. The normalized spacial score (nSPS) is 62.7. The van der Waals surface area contributed by atoms with Gasteiger partial charge in [0.25, 0.3) is 0 Å². The van der Waals surface area contributed by atoms with Gasteiger partial charge >= 0.3 is 0 Å². The Morgan fingerprint density at radius 3 is 2.80 bits per heavy atom. The van der Waals surface area contributed by atoms with Crippen LogP contribution in [0.1, 0.15) is 12.8 Å². The summed E-state index contributed by atoms with van der Waals surface area (Å²) in [7, 11) is 0. The lowest BCUT2D eigenvalue weighted by Crippen LogP contribution is -2.26. The fourth-order valence-corrected chi connectivity index (χ4v) is 2.80. The summed E-state index contributed by atoms with van der Waals surface area (Å²) in [5.74, 6) is 2.58. The zero-order valence-electron chi connectivity index (χ0n) is 5.99. The first-order valence-corrected chi connectivity index (χ1v) is 4.25. The molecule has 3 aliphatic rings. The van der Waals surface area contributed by atoms with E-state index in [0.29, 0.717) is 18.1 Å². The van der Waals surface area contributed by atoms with Gasteiger partial charge in [0, 0.05) is 5.92 Å². The molecule has 0 radical (unpaired) electrons. The molecule has 0 unspecified atom stereocenters. The monoisotopic (exact) mass is 139 g/mol. The Kier molecular flexibility index (Phi) is 0.868. The largest absolute Gasteiger partial charge is 0.374 e. The number of rotatable bonds is 1. The molecule has 10 heavy (non-hydrogen) atoms. The zero-order valence-corrected chi connectivity index (χ0v) is 5.99. The first-order chi connectivity index (χ1) is 4.90. The summed E-state index contributed by atoms with van der Waals surface area (Å²) >= 11 is 0. The molecule has 2 heteroatoms. The minimum absolute atomic E-state index is 0.569. The van der Waals surface area contributed by atoms with Crippen LogP contribution in [0.2, 0.25) is 0 Å². The van der Waals surface area contributed by atoms with E-state index in [4.69, 9.17) is 10.5 Å². The summed E-state index contributed by atoms with van der Waals surface area (Å²) in [5, 5.41) is 0. The SMILES string of the molecule is NC[C@@H]1C[C@@H]2O[C@H]1[C@H]1C[C@H]12. The third-order valence-electron chi connectivity index (χ3n) is 3.43. The van der Waals surface area contributed by atoms with Crippen LogP contribution < -0.4 is 5.73 Å². The van der Waals surface area contributed by atoms with Gasteiger partial charge in [0.1, 0.15) is 0 Å². The van der Waals surface area contributed by atoms with Crippen molar-refractivity contribution >= 4 is 0 Å². The van der Waals surface area contributed by atoms with Crippen molar-refractivity contribution in [1.82, 2.24) is 0 Å². The Labute approximate surface area is 60.7 Å². The number of hydrogen-bond donors (Lipinski definition) is 1. The van der Waals surface area contributed by atoms with Gasteiger partial charge < -0.3 is 10.5 Å². The van der Waals surface area contributed by atoms with Crippen molar-refractivity contribution in [1.29, 1.82) is 0 Å². The second-order valence-electron chi connectivity index (χ2n) is 3.93. The molecular weight excluding hydrogens is 126 g/mol. The zero-order chi connectivity index (χ0) is 6.72. The molecule has 2 heterocycles. The van der Waals surface area contributed by atoms with Gasteiger partial charge in [-0.2, -0.15) is 0 Å². The fraction of sp³-hybridized carbons (Fsp3) is 1.00. The second-order valence-corrected chi connectivity index (χ2v) is 3.93. The van der Waals surface area contributed by atoms with E-state index in [2.05, 4.69) is 0 Å². The topological polar surface area (TPSA) is 35.2 Å². The van der Waals surface area contributed by atoms with E-state index in [0.717, 1.165) is 18.4 Å². The number of nitrogens with two attached hydrogens (primary N) is 1. The average Bonchev–Trinajstić information content (AvgIpc) is 2.58. The number of ether oxygens (including phenoxy) is 1. The van der Waals surface area contributed by atoms with E-state index in [1.165, 1.54) is 12.8 Å². The lowest BCUT2D eigenvalue weighted by atomic mass is 9.89. The van der Waals surface area contributed by atoms with Gasteiger partial charge in [-0.15, -0.1) is 0 Å². The molecule has 56 valence electrons. The standard InChI is InChI=1S/C8H13NO/c9-3-4-1-7-5-2-6(5)8(4)10-7/h4-8H,1-3,9H2/t4-,5+,6-,7-,8+/m0/s1. The Morgan fingerprint density at radius 2 is 2.20 bits per heavy atom.